The number of carbonyl (C=O) groups is 1. The highest BCUT2D eigenvalue weighted by Crippen LogP contribution is 2.19. The van der Waals surface area contributed by atoms with Crippen LogP contribution in [0.25, 0.3) is 0 Å². The van der Waals surface area contributed by atoms with Crippen molar-refractivity contribution in [2.75, 3.05) is 19.7 Å². The van der Waals surface area contributed by atoms with Gasteiger partial charge in [-0.3, -0.25) is 4.79 Å². The molecule has 1 aromatic carbocycles. The minimum Gasteiger partial charge on any atom is -0.376 e. The molecule has 1 atom stereocenters. The first-order valence-electron chi connectivity index (χ1n) is 7.43. The molecular weight excluding hydrogens is 293 g/mol. The Bertz CT molecular complexity index is 489. The van der Waals surface area contributed by atoms with E-state index in [9.17, 15) is 9.18 Å². The number of ether oxygens (including phenoxy) is 1. The summed E-state index contributed by atoms with van der Waals surface area (Å²) in [6, 6.07) is 4.14. The van der Waals surface area contributed by atoms with Crippen molar-refractivity contribution in [2.45, 2.75) is 38.7 Å². The second-order valence-electron chi connectivity index (χ2n) is 5.33. The smallest absolute Gasteiger partial charge is 0.227 e. The van der Waals surface area contributed by atoms with Crippen molar-refractivity contribution < 1.29 is 13.9 Å². The molecule has 1 aliphatic rings. The molecule has 1 aliphatic heterocycles. The van der Waals surface area contributed by atoms with Crippen molar-refractivity contribution >= 4 is 17.5 Å². The molecule has 1 saturated heterocycles. The van der Waals surface area contributed by atoms with Gasteiger partial charge in [-0.1, -0.05) is 17.7 Å². The Labute approximate surface area is 130 Å². The third-order valence-corrected chi connectivity index (χ3v) is 4.14. The van der Waals surface area contributed by atoms with E-state index in [1.54, 1.807) is 11.0 Å². The van der Waals surface area contributed by atoms with Gasteiger partial charge in [0.1, 0.15) is 5.82 Å². The lowest BCUT2D eigenvalue weighted by Crippen LogP contribution is -2.40. The monoisotopic (exact) mass is 313 g/mol. The van der Waals surface area contributed by atoms with Gasteiger partial charge in [-0.05, 0) is 43.9 Å². The first-order valence-corrected chi connectivity index (χ1v) is 7.81. The lowest BCUT2D eigenvalue weighted by Gasteiger charge is -2.29. The van der Waals surface area contributed by atoms with E-state index in [1.807, 2.05) is 6.92 Å². The van der Waals surface area contributed by atoms with Crippen LogP contribution in [0.15, 0.2) is 18.2 Å². The number of nitrogens with zero attached hydrogens (tertiary/aromatic N) is 1. The fourth-order valence-corrected chi connectivity index (χ4v) is 2.78. The van der Waals surface area contributed by atoms with Crippen LogP contribution in [0.2, 0.25) is 5.02 Å². The first-order chi connectivity index (χ1) is 10.1. The van der Waals surface area contributed by atoms with Gasteiger partial charge in [0.25, 0.3) is 0 Å². The van der Waals surface area contributed by atoms with E-state index < -0.39 is 0 Å². The summed E-state index contributed by atoms with van der Waals surface area (Å²) in [7, 11) is 0. The third kappa shape index (κ3) is 4.68. The minimum absolute atomic E-state index is 0.000168. The summed E-state index contributed by atoms with van der Waals surface area (Å²) < 4.78 is 18.7. The van der Waals surface area contributed by atoms with E-state index >= 15 is 0 Å². The van der Waals surface area contributed by atoms with Gasteiger partial charge in [0, 0.05) is 24.7 Å². The number of hydrogen-bond acceptors (Lipinski definition) is 2. The molecular formula is C16H21ClFNO2. The zero-order chi connectivity index (χ0) is 15.2. The molecule has 1 aromatic rings. The van der Waals surface area contributed by atoms with Gasteiger partial charge < -0.3 is 9.64 Å². The van der Waals surface area contributed by atoms with Gasteiger partial charge in [-0.15, -0.1) is 0 Å². The molecule has 5 heteroatoms. The van der Waals surface area contributed by atoms with Gasteiger partial charge in [0.2, 0.25) is 5.91 Å². The SMILES string of the molecule is CCN(CC1CCCCO1)C(=O)Cc1ccc(F)cc1Cl. The van der Waals surface area contributed by atoms with Crippen LogP contribution < -0.4 is 0 Å². The summed E-state index contributed by atoms with van der Waals surface area (Å²) in [5, 5.41) is 0.299. The van der Waals surface area contributed by atoms with Crippen LogP contribution in [0.5, 0.6) is 0 Å². The topological polar surface area (TPSA) is 29.5 Å². The molecule has 0 radical (unpaired) electrons. The molecule has 116 valence electrons. The number of likely N-dealkylation sites (N-methyl/N-ethyl adjacent to an activating group) is 1. The summed E-state index contributed by atoms with van der Waals surface area (Å²) in [5.41, 5.74) is 0.658. The fourth-order valence-electron chi connectivity index (χ4n) is 2.54. The third-order valence-electron chi connectivity index (χ3n) is 3.79. The Kier molecular flexibility index (Phi) is 6.00. The van der Waals surface area contributed by atoms with Gasteiger partial charge >= 0.3 is 0 Å². The molecule has 1 unspecified atom stereocenters. The van der Waals surface area contributed by atoms with E-state index in [0.717, 1.165) is 25.9 Å². The van der Waals surface area contributed by atoms with Crippen molar-refractivity contribution in [1.29, 1.82) is 0 Å². The molecule has 0 bridgehead atoms. The Morgan fingerprint density at radius 1 is 1.48 bits per heavy atom. The molecule has 0 saturated carbocycles. The summed E-state index contributed by atoms with van der Waals surface area (Å²) in [6.07, 6.45) is 3.58. The van der Waals surface area contributed by atoms with Gasteiger partial charge in [0.05, 0.1) is 12.5 Å². The number of benzene rings is 1. The predicted molar refractivity (Wildman–Crippen MR) is 81.0 cm³/mol. The van der Waals surface area contributed by atoms with E-state index in [-0.39, 0.29) is 24.2 Å². The molecule has 21 heavy (non-hydrogen) atoms. The van der Waals surface area contributed by atoms with Crippen molar-refractivity contribution in [2.24, 2.45) is 0 Å². The number of rotatable bonds is 5. The van der Waals surface area contributed by atoms with Crippen molar-refractivity contribution in [3.63, 3.8) is 0 Å². The highest BCUT2D eigenvalue weighted by molar-refractivity contribution is 6.31. The average Bonchev–Trinajstić information content (AvgIpc) is 2.48. The molecule has 1 fully saturated rings. The van der Waals surface area contributed by atoms with Crippen LogP contribution in [0, 0.1) is 5.82 Å². The Balaban J connectivity index is 1.95. The van der Waals surface area contributed by atoms with Gasteiger partial charge in [-0.2, -0.15) is 0 Å². The number of hydrogen-bond donors (Lipinski definition) is 0. The standard InChI is InChI=1S/C16H21ClFNO2/c1-2-19(11-14-5-3-4-8-21-14)16(20)9-12-6-7-13(18)10-15(12)17/h6-7,10,14H,2-5,8-9,11H2,1H3. The molecule has 0 aromatic heterocycles. The van der Waals surface area contributed by atoms with Crippen LogP contribution in [0.3, 0.4) is 0 Å². The second-order valence-corrected chi connectivity index (χ2v) is 5.74. The second kappa shape index (κ2) is 7.76. The zero-order valence-electron chi connectivity index (χ0n) is 12.3. The van der Waals surface area contributed by atoms with Crippen LogP contribution in [-0.4, -0.2) is 36.6 Å². The zero-order valence-corrected chi connectivity index (χ0v) is 13.0. The van der Waals surface area contributed by atoms with Crippen molar-refractivity contribution in [3.05, 3.63) is 34.6 Å². The normalized spacial score (nSPS) is 18.5. The fraction of sp³-hybridized carbons (Fsp3) is 0.562. The molecule has 3 nitrogen and oxygen atoms in total. The highest BCUT2D eigenvalue weighted by atomic mass is 35.5. The highest BCUT2D eigenvalue weighted by Gasteiger charge is 2.21. The van der Waals surface area contributed by atoms with Crippen LogP contribution in [0.1, 0.15) is 31.7 Å². The average molecular weight is 314 g/mol. The lowest BCUT2D eigenvalue weighted by atomic mass is 10.1. The van der Waals surface area contributed by atoms with Crippen molar-refractivity contribution in [3.8, 4) is 0 Å². The number of amides is 1. The maximum Gasteiger partial charge on any atom is 0.227 e. The maximum atomic E-state index is 13.0. The van der Waals surface area contributed by atoms with Crippen molar-refractivity contribution in [1.82, 2.24) is 4.90 Å². The Morgan fingerprint density at radius 3 is 2.90 bits per heavy atom. The minimum atomic E-state index is -0.390. The van der Waals surface area contributed by atoms with E-state index in [4.69, 9.17) is 16.3 Å². The van der Waals surface area contributed by atoms with E-state index in [1.165, 1.54) is 12.1 Å². The van der Waals surface area contributed by atoms with Crippen LogP contribution >= 0.6 is 11.6 Å². The Morgan fingerprint density at radius 2 is 2.29 bits per heavy atom. The summed E-state index contributed by atoms with van der Waals surface area (Å²) in [6.45, 7) is 3.98. The number of carbonyl (C=O) groups excluding carboxylic acids is 1. The largest absolute Gasteiger partial charge is 0.376 e. The summed E-state index contributed by atoms with van der Waals surface area (Å²) >= 11 is 5.98. The molecule has 1 heterocycles. The van der Waals surface area contributed by atoms with Crippen LogP contribution in [0.4, 0.5) is 4.39 Å². The lowest BCUT2D eigenvalue weighted by molar-refractivity contribution is -0.132. The predicted octanol–water partition coefficient (Wildman–Crippen LogP) is 3.44. The number of halogens is 2. The Hall–Kier alpha value is -1.13. The van der Waals surface area contributed by atoms with Crippen LogP contribution in [-0.2, 0) is 16.0 Å². The molecule has 1 amide bonds. The van der Waals surface area contributed by atoms with Gasteiger partial charge in [0.15, 0.2) is 0 Å². The first kappa shape index (κ1) is 16.2. The van der Waals surface area contributed by atoms with Gasteiger partial charge in [-0.25, -0.2) is 4.39 Å². The molecule has 2 rings (SSSR count). The quantitative estimate of drug-likeness (QED) is 0.833. The molecule has 0 spiro atoms. The van der Waals surface area contributed by atoms with E-state index in [0.29, 0.717) is 23.7 Å². The maximum absolute atomic E-state index is 13.0. The molecule has 0 N–H and O–H groups in total. The summed E-state index contributed by atoms with van der Waals surface area (Å²) in [5.74, 6) is -0.390. The molecule has 0 aliphatic carbocycles. The summed E-state index contributed by atoms with van der Waals surface area (Å²) in [4.78, 5) is 14.2. The van der Waals surface area contributed by atoms with E-state index in [2.05, 4.69) is 0 Å².